The summed E-state index contributed by atoms with van der Waals surface area (Å²) in [6.07, 6.45) is 0. The molecule has 328 valence electrons. The molecule has 0 spiro atoms. The van der Waals surface area contributed by atoms with Crippen LogP contribution in [0.2, 0.25) is 0 Å². The van der Waals surface area contributed by atoms with Crippen LogP contribution in [0.1, 0.15) is 22.3 Å². The van der Waals surface area contributed by atoms with E-state index < -0.39 is 5.41 Å². The zero-order valence-electron chi connectivity index (χ0n) is 38.2. The van der Waals surface area contributed by atoms with Gasteiger partial charge in [0.2, 0.25) is 0 Å². The number of benzene rings is 11. The predicted octanol–water partition coefficient (Wildman–Crippen LogP) is 17.8. The maximum Gasteiger partial charge on any atom is 0.143 e. The highest BCUT2D eigenvalue weighted by Gasteiger charge is 2.46. The van der Waals surface area contributed by atoms with E-state index >= 15 is 0 Å². The first-order valence-electron chi connectivity index (χ1n) is 24.1. The van der Waals surface area contributed by atoms with Crippen LogP contribution in [0.4, 0.5) is 17.1 Å². The van der Waals surface area contributed by atoms with Crippen LogP contribution < -0.4 is 4.90 Å². The molecule has 0 atom stereocenters. The van der Waals surface area contributed by atoms with E-state index in [4.69, 9.17) is 4.42 Å². The Morgan fingerprint density at radius 1 is 0.329 bits per heavy atom. The van der Waals surface area contributed by atoms with E-state index in [9.17, 15) is 0 Å². The summed E-state index contributed by atoms with van der Waals surface area (Å²) >= 11 is 0. The first-order valence-corrected chi connectivity index (χ1v) is 24.1. The van der Waals surface area contributed by atoms with Gasteiger partial charge in [0, 0.05) is 49.9 Å². The maximum atomic E-state index is 6.52. The van der Waals surface area contributed by atoms with Gasteiger partial charge in [-0.25, -0.2) is 0 Å². The van der Waals surface area contributed by atoms with Crippen molar-refractivity contribution >= 4 is 60.8 Å². The zero-order chi connectivity index (χ0) is 46.2. The maximum absolute atomic E-state index is 6.52. The molecule has 2 heterocycles. The van der Waals surface area contributed by atoms with Crippen molar-refractivity contribution in [3.05, 3.63) is 289 Å². The van der Waals surface area contributed by atoms with Gasteiger partial charge in [-0.2, -0.15) is 0 Å². The van der Waals surface area contributed by atoms with Gasteiger partial charge in [0.25, 0.3) is 0 Å². The largest absolute Gasteiger partial charge is 0.455 e. The molecule has 11 aromatic carbocycles. The number of nitrogens with zero attached hydrogens (tertiary/aromatic N) is 2. The van der Waals surface area contributed by atoms with Gasteiger partial charge in [0.1, 0.15) is 11.2 Å². The topological polar surface area (TPSA) is 21.3 Å². The van der Waals surface area contributed by atoms with Crippen LogP contribution in [0.25, 0.3) is 82.8 Å². The third kappa shape index (κ3) is 6.08. The average Bonchev–Trinajstić information content (AvgIpc) is 4.08. The minimum absolute atomic E-state index is 0.530. The van der Waals surface area contributed by atoms with E-state index in [2.05, 4.69) is 264 Å². The minimum atomic E-state index is -0.530. The summed E-state index contributed by atoms with van der Waals surface area (Å²) in [7, 11) is 0. The molecule has 0 amide bonds. The lowest BCUT2D eigenvalue weighted by atomic mass is 9.67. The molecule has 0 bridgehead atoms. The molecular weight excluding hydrogens is 849 g/mol. The van der Waals surface area contributed by atoms with Crippen molar-refractivity contribution in [3.63, 3.8) is 0 Å². The smallest absolute Gasteiger partial charge is 0.143 e. The van der Waals surface area contributed by atoms with Gasteiger partial charge in [-0.1, -0.05) is 194 Å². The summed E-state index contributed by atoms with van der Waals surface area (Å²) in [5, 5.41) is 4.73. The summed E-state index contributed by atoms with van der Waals surface area (Å²) in [6, 6.07) is 97.3. The molecule has 3 heteroatoms. The fraction of sp³-hybridized carbons (Fsp3) is 0.0149. The molecule has 0 unspecified atom stereocenters. The van der Waals surface area contributed by atoms with Crippen molar-refractivity contribution in [1.82, 2.24) is 4.57 Å². The molecule has 0 radical (unpaired) electrons. The average molecular weight is 893 g/mol. The summed E-state index contributed by atoms with van der Waals surface area (Å²) in [5.74, 6) is 0. The molecule has 2 aromatic heterocycles. The monoisotopic (exact) mass is 892 g/mol. The quantitative estimate of drug-likeness (QED) is 0.152. The normalized spacial score (nSPS) is 12.7. The number of fused-ring (bicyclic) bond motifs is 9. The van der Waals surface area contributed by atoms with E-state index in [1.807, 2.05) is 12.1 Å². The van der Waals surface area contributed by atoms with Gasteiger partial charge in [-0.3, -0.25) is 0 Å². The third-order valence-corrected chi connectivity index (χ3v) is 14.7. The predicted molar refractivity (Wildman–Crippen MR) is 291 cm³/mol. The number of furan rings is 1. The summed E-state index contributed by atoms with van der Waals surface area (Å²) in [4.78, 5) is 2.41. The second-order valence-corrected chi connectivity index (χ2v) is 18.4. The van der Waals surface area contributed by atoms with Crippen molar-refractivity contribution < 1.29 is 4.42 Å². The summed E-state index contributed by atoms with van der Waals surface area (Å²) in [5.41, 5.74) is 20.1. The van der Waals surface area contributed by atoms with Gasteiger partial charge < -0.3 is 13.9 Å². The number of para-hydroxylation sites is 4. The Bertz CT molecular complexity index is 4050. The van der Waals surface area contributed by atoms with Crippen molar-refractivity contribution in [2.24, 2.45) is 0 Å². The second kappa shape index (κ2) is 16.0. The Kier molecular flexibility index (Phi) is 9.11. The number of aromatic nitrogens is 1. The fourth-order valence-electron chi connectivity index (χ4n) is 11.6. The lowest BCUT2D eigenvalue weighted by molar-refractivity contribution is 0.670. The minimum Gasteiger partial charge on any atom is -0.455 e. The van der Waals surface area contributed by atoms with Crippen LogP contribution in [0, 0.1) is 0 Å². The molecule has 1 aliphatic carbocycles. The molecule has 0 fully saturated rings. The van der Waals surface area contributed by atoms with Gasteiger partial charge in [-0.15, -0.1) is 0 Å². The highest BCUT2D eigenvalue weighted by atomic mass is 16.3. The van der Waals surface area contributed by atoms with E-state index in [1.165, 1.54) is 60.8 Å². The first-order chi connectivity index (χ1) is 34.7. The van der Waals surface area contributed by atoms with Crippen molar-refractivity contribution in [1.29, 1.82) is 0 Å². The van der Waals surface area contributed by atoms with E-state index in [-0.39, 0.29) is 0 Å². The molecule has 14 rings (SSSR count). The number of anilines is 3. The Labute approximate surface area is 406 Å². The van der Waals surface area contributed by atoms with Crippen LogP contribution >= 0.6 is 0 Å². The van der Waals surface area contributed by atoms with Crippen LogP contribution in [0.5, 0.6) is 0 Å². The standard InChI is InChI=1S/C67H44N2O/c1-4-17-48(18-5-1)67(49-19-6-2-7-20-49)61-28-13-10-23-55(61)56-41-40-53(44-62(56)67)68(52-38-33-46(34-39-52)54-26-16-27-59-58-25-12-15-30-65(58)70-66(54)59)51-36-31-45(32-37-51)47-35-42-64-60(43-47)57-24-11-14-29-63(57)69(64)50-21-8-3-9-22-50/h1-44H. The molecule has 70 heavy (non-hydrogen) atoms. The summed E-state index contributed by atoms with van der Waals surface area (Å²) < 4.78 is 8.89. The van der Waals surface area contributed by atoms with Gasteiger partial charge in [0.15, 0.2) is 0 Å². The number of hydrogen-bond acceptors (Lipinski definition) is 2. The Morgan fingerprint density at radius 2 is 0.871 bits per heavy atom. The van der Waals surface area contributed by atoms with E-state index in [1.54, 1.807) is 0 Å². The van der Waals surface area contributed by atoms with E-state index in [0.717, 1.165) is 61.4 Å². The van der Waals surface area contributed by atoms with E-state index in [0.29, 0.717) is 0 Å². The van der Waals surface area contributed by atoms with Crippen molar-refractivity contribution in [2.75, 3.05) is 4.90 Å². The van der Waals surface area contributed by atoms with Crippen LogP contribution in [0.15, 0.2) is 271 Å². The molecule has 13 aromatic rings. The van der Waals surface area contributed by atoms with Gasteiger partial charge in [-0.05, 0) is 123 Å². The lowest BCUT2D eigenvalue weighted by Crippen LogP contribution is -2.28. The zero-order valence-corrected chi connectivity index (χ0v) is 38.2. The fourth-order valence-corrected chi connectivity index (χ4v) is 11.6. The van der Waals surface area contributed by atoms with Gasteiger partial charge >= 0.3 is 0 Å². The Hall–Kier alpha value is -9.18. The van der Waals surface area contributed by atoms with Crippen LogP contribution in [-0.2, 0) is 5.41 Å². The van der Waals surface area contributed by atoms with Gasteiger partial charge in [0.05, 0.1) is 16.4 Å². The molecule has 3 nitrogen and oxygen atoms in total. The molecule has 1 aliphatic rings. The van der Waals surface area contributed by atoms with Crippen LogP contribution in [-0.4, -0.2) is 4.57 Å². The Morgan fingerprint density at radius 3 is 1.61 bits per heavy atom. The molecular formula is C67H44N2O. The molecule has 0 aliphatic heterocycles. The van der Waals surface area contributed by atoms with Crippen LogP contribution in [0.3, 0.4) is 0 Å². The summed E-state index contributed by atoms with van der Waals surface area (Å²) in [6.45, 7) is 0. The van der Waals surface area contributed by atoms with Crippen molar-refractivity contribution in [3.8, 4) is 39.1 Å². The second-order valence-electron chi connectivity index (χ2n) is 18.4. The highest BCUT2D eigenvalue weighted by molar-refractivity contribution is 6.11. The lowest BCUT2D eigenvalue weighted by Gasteiger charge is -2.35. The highest BCUT2D eigenvalue weighted by Crippen LogP contribution is 2.57. The molecule has 0 saturated carbocycles. The Balaban J connectivity index is 0.930. The third-order valence-electron chi connectivity index (χ3n) is 14.7. The SMILES string of the molecule is c1ccc(-n2c3ccccc3c3cc(-c4ccc(N(c5ccc(-c6cccc7c6oc6ccccc67)cc5)c5ccc6c(c5)C(c5ccccc5)(c5ccccc5)c5ccccc5-6)cc4)ccc32)cc1. The molecule has 0 saturated heterocycles. The first kappa shape index (κ1) is 39.9. The van der Waals surface area contributed by atoms with Crippen molar-refractivity contribution in [2.45, 2.75) is 5.41 Å². The number of rotatable bonds is 8. The number of hydrogen-bond donors (Lipinski definition) is 0. The molecule has 0 N–H and O–H groups in total.